The Morgan fingerprint density at radius 1 is 1.44 bits per heavy atom. The molecule has 2 amide bonds. The Balaban J connectivity index is 1.24. The molecule has 2 aliphatic heterocycles. The van der Waals surface area contributed by atoms with Gasteiger partial charge in [0.1, 0.15) is 16.2 Å². The molecule has 0 aromatic carbocycles. The maximum atomic E-state index is 12.1. The van der Waals surface area contributed by atoms with E-state index in [2.05, 4.69) is 25.8 Å². The zero-order valence-corrected chi connectivity index (χ0v) is 16.0. The van der Waals surface area contributed by atoms with Crippen molar-refractivity contribution >= 4 is 57.6 Å². The van der Waals surface area contributed by atoms with Crippen LogP contribution in [0.25, 0.3) is 0 Å². The van der Waals surface area contributed by atoms with Gasteiger partial charge >= 0.3 is 0 Å². The van der Waals surface area contributed by atoms with Gasteiger partial charge in [0, 0.05) is 5.92 Å². The molecule has 1 aromatic rings. The Hall–Kier alpha value is -1.39. The van der Waals surface area contributed by atoms with Crippen molar-refractivity contribution in [1.82, 2.24) is 15.5 Å². The summed E-state index contributed by atoms with van der Waals surface area (Å²) in [6.45, 7) is 1.99. The van der Waals surface area contributed by atoms with Crippen LogP contribution in [0.4, 0.5) is 5.13 Å². The minimum absolute atomic E-state index is 0.00846. The first-order chi connectivity index (χ1) is 12.1. The molecule has 1 aromatic heterocycles. The van der Waals surface area contributed by atoms with E-state index >= 15 is 0 Å². The Morgan fingerprint density at radius 2 is 2.28 bits per heavy atom. The summed E-state index contributed by atoms with van der Waals surface area (Å²) >= 11 is 4.49. The van der Waals surface area contributed by atoms with Gasteiger partial charge in [0.15, 0.2) is 0 Å². The smallest absolute Gasteiger partial charge is 0.236 e. The Kier molecular flexibility index (Phi) is 4.83. The minimum atomic E-state index is -0.167. The molecule has 132 valence electrons. The largest absolute Gasteiger partial charge is 0.313 e. The van der Waals surface area contributed by atoms with Crippen LogP contribution in [-0.2, 0) is 9.59 Å². The van der Waals surface area contributed by atoms with Gasteiger partial charge in [-0.05, 0) is 24.7 Å². The normalized spacial score (nSPS) is 25.1. The molecule has 2 N–H and O–H groups in total. The maximum absolute atomic E-state index is 12.1. The van der Waals surface area contributed by atoms with Gasteiger partial charge < -0.3 is 5.32 Å². The highest BCUT2D eigenvalue weighted by Crippen LogP contribution is 2.42. The van der Waals surface area contributed by atoms with Crippen molar-refractivity contribution in [3.63, 3.8) is 0 Å². The van der Waals surface area contributed by atoms with Gasteiger partial charge in [0.25, 0.3) is 0 Å². The van der Waals surface area contributed by atoms with Crippen molar-refractivity contribution in [3.05, 3.63) is 16.0 Å². The number of aliphatic imine (C=N–C) groups is 1. The topological polar surface area (TPSA) is 96.3 Å². The lowest BCUT2D eigenvalue weighted by Gasteiger charge is -2.22. The fraction of sp³-hybridized carbons (Fsp3) is 0.533. The molecule has 25 heavy (non-hydrogen) atoms. The van der Waals surface area contributed by atoms with E-state index in [0.717, 1.165) is 9.91 Å². The van der Waals surface area contributed by atoms with Crippen molar-refractivity contribution in [2.45, 2.75) is 31.1 Å². The molecule has 3 heterocycles. The fourth-order valence-electron chi connectivity index (χ4n) is 2.61. The van der Waals surface area contributed by atoms with Gasteiger partial charge in [0.05, 0.1) is 17.4 Å². The van der Waals surface area contributed by atoms with Crippen molar-refractivity contribution in [1.29, 1.82) is 0 Å². The predicted molar refractivity (Wildman–Crippen MR) is 102 cm³/mol. The number of nitrogens with zero attached hydrogens (tertiary/aromatic N) is 3. The lowest BCUT2D eigenvalue weighted by molar-refractivity contribution is -0.122. The molecule has 7 nitrogen and oxygen atoms in total. The number of rotatable bonds is 6. The Morgan fingerprint density at radius 3 is 3.08 bits per heavy atom. The van der Waals surface area contributed by atoms with Crippen molar-refractivity contribution in [3.8, 4) is 0 Å². The second-order valence-electron chi connectivity index (χ2n) is 6.14. The predicted octanol–water partition coefficient (Wildman–Crippen LogP) is 2.21. The van der Waals surface area contributed by atoms with E-state index in [-0.39, 0.29) is 28.9 Å². The molecule has 1 aliphatic carbocycles. The molecule has 0 bridgehead atoms. The number of amidine groups is 1. The molecular weight excluding hydrogens is 378 g/mol. The molecule has 10 heteroatoms. The summed E-state index contributed by atoms with van der Waals surface area (Å²) in [5.74, 6) is 1.69. The number of hydrogen-bond donors (Lipinski definition) is 2. The monoisotopic (exact) mass is 395 g/mol. The van der Waals surface area contributed by atoms with Gasteiger partial charge in [-0.1, -0.05) is 17.4 Å². The first-order valence-corrected chi connectivity index (χ1v) is 10.9. The number of carbonyl (C=O) groups excluding carboxylic acids is 2. The van der Waals surface area contributed by atoms with Crippen molar-refractivity contribution in [2.24, 2.45) is 10.9 Å². The summed E-state index contributed by atoms with van der Waals surface area (Å²) in [5.41, 5.74) is 0. The molecule has 1 fully saturated rings. The number of thioether (sulfide) groups is 2. The molecule has 0 radical (unpaired) electrons. The highest BCUT2D eigenvalue weighted by molar-refractivity contribution is 8.04. The van der Waals surface area contributed by atoms with E-state index < -0.39 is 0 Å². The third kappa shape index (κ3) is 4.06. The lowest BCUT2D eigenvalue weighted by Crippen LogP contribution is -2.44. The van der Waals surface area contributed by atoms with Crippen LogP contribution in [0, 0.1) is 5.92 Å². The number of nitrogens with one attached hydrogen (secondary N) is 2. The van der Waals surface area contributed by atoms with Crippen molar-refractivity contribution < 1.29 is 9.59 Å². The van der Waals surface area contributed by atoms with Gasteiger partial charge in [-0.25, -0.2) is 0 Å². The second-order valence-corrected chi connectivity index (χ2v) is 9.49. The summed E-state index contributed by atoms with van der Waals surface area (Å²) in [5, 5.41) is 15.2. The average molecular weight is 396 g/mol. The zero-order valence-electron chi connectivity index (χ0n) is 13.5. The fourth-order valence-corrected chi connectivity index (χ4v) is 5.37. The van der Waals surface area contributed by atoms with Crippen LogP contribution in [0.15, 0.2) is 16.0 Å². The van der Waals surface area contributed by atoms with E-state index in [9.17, 15) is 9.59 Å². The lowest BCUT2D eigenvalue weighted by atomic mass is 10.1. The van der Waals surface area contributed by atoms with Gasteiger partial charge in [-0.3, -0.25) is 19.9 Å². The van der Waals surface area contributed by atoms with Crippen molar-refractivity contribution in [2.75, 3.05) is 16.8 Å². The molecule has 1 saturated carbocycles. The maximum Gasteiger partial charge on any atom is 0.236 e. The highest BCUT2D eigenvalue weighted by Gasteiger charge is 2.36. The van der Waals surface area contributed by atoms with E-state index in [4.69, 9.17) is 0 Å². The standard InChI is InChI=1S/C15H17N5O2S3/c1-7-4-9-12(22)16-10(17-14(9)24-7)5-23-6-11(21)18-15-20-19-13(25-15)8-2-3-8/h4,8-9,14H,2-3,5-6H2,1H3,(H,16,17,22)(H,18,20,21)/t9-,14-/m0/s1. The summed E-state index contributed by atoms with van der Waals surface area (Å²) in [4.78, 5) is 29.8. The van der Waals surface area contributed by atoms with E-state index in [1.807, 2.05) is 13.0 Å². The average Bonchev–Trinajstić information content (AvgIpc) is 3.19. The van der Waals surface area contributed by atoms with Gasteiger partial charge in [-0.15, -0.1) is 33.7 Å². The second kappa shape index (κ2) is 7.08. The number of fused-ring (bicyclic) bond motifs is 1. The van der Waals surface area contributed by atoms with E-state index in [1.54, 1.807) is 11.8 Å². The Labute approximate surface area is 157 Å². The van der Waals surface area contributed by atoms with Crippen LogP contribution < -0.4 is 10.6 Å². The molecular formula is C15H17N5O2S3. The minimum Gasteiger partial charge on any atom is -0.313 e. The third-order valence-corrected chi connectivity index (χ3v) is 7.06. The van der Waals surface area contributed by atoms with Crippen LogP contribution in [0.1, 0.15) is 30.7 Å². The number of anilines is 1. The van der Waals surface area contributed by atoms with Crippen LogP contribution >= 0.6 is 34.9 Å². The van der Waals surface area contributed by atoms with Crippen LogP contribution in [0.5, 0.6) is 0 Å². The van der Waals surface area contributed by atoms with Crippen LogP contribution in [0.3, 0.4) is 0 Å². The molecule has 4 rings (SSSR count). The molecule has 2 atom stereocenters. The van der Waals surface area contributed by atoms with Crippen LogP contribution in [0.2, 0.25) is 0 Å². The first kappa shape index (κ1) is 17.0. The molecule has 0 spiro atoms. The summed E-state index contributed by atoms with van der Waals surface area (Å²) in [6.07, 6.45) is 4.30. The number of allylic oxidation sites excluding steroid dienone is 1. The molecule has 3 aliphatic rings. The Bertz CT molecular complexity index is 771. The van der Waals surface area contributed by atoms with E-state index in [1.165, 1.54) is 35.9 Å². The summed E-state index contributed by atoms with van der Waals surface area (Å²) in [7, 11) is 0. The van der Waals surface area contributed by atoms with Gasteiger partial charge in [-0.2, -0.15) is 0 Å². The summed E-state index contributed by atoms with van der Waals surface area (Å²) < 4.78 is 0. The summed E-state index contributed by atoms with van der Waals surface area (Å²) in [6, 6.07) is 0. The van der Waals surface area contributed by atoms with Gasteiger partial charge in [0.2, 0.25) is 16.9 Å². The zero-order chi connectivity index (χ0) is 17.4. The highest BCUT2D eigenvalue weighted by atomic mass is 32.2. The van der Waals surface area contributed by atoms with Crippen LogP contribution in [-0.4, -0.2) is 44.7 Å². The molecule has 0 unspecified atom stereocenters. The van der Waals surface area contributed by atoms with E-state index in [0.29, 0.717) is 22.6 Å². The number of hydrogen-bond acceptors (Lipinski definition) is 8. The SMILES string of the molecule is CC1=C[C@H]2C(=O)NC(CSCC(=O)Nc3nnc(C4CC4)s3)=N[C@H]2S1. The third-order valence-electron chi connectivity index (χ3n) is 3.97. The first-order valence-electron chi connectivity index (χ1n) is 8.02. The number of carbonyl (C=O) groups is 2. The quantitative estimate of drug-likeness (QED) is 0.767. The number of aromatic nitrogens is 2. The molecule has 0 saturated heterocycles. The number of amides is 2.